The maximum atomic E-state index is 4.24. The molecule has 0 aliphatic heterocycles. The van der Waals surface area contributed by atoms with Crippen molar-refractivity contribution in [3.8, 4) is 22.3 Å². The summed E-state index contributed by atoms with van der Waals surface area (Å²) >= 11 is 0. The summed E-state index contributed by atoms with van der Waals surface area (Å²) in [6.07, 6.45) is 15.9. The van der Waals surface area contributed by atoms with E-state index in [0.717, 1.165) is 12.0 Å². The molecule has 1 aliphatic rings. The van der Waals surface area contributed by atoms with Crippen molar-refractivity contribution in [2.75, 3.05) is 0 Å². The van der Waals surface area contributed by atoms with Gasteiger partial charge >= 0.3 is 0 Å². The molecule has 0 bridgehead atoms. The van der Waals surface area contributed by atoms with E-state index in [1.54, 1.807) is 0 Å². The van der Waals surface area contributed by atoms with Gasteiger partial charge in [-0.1, -0.05) is 170 Å². The quantitative estimate of drug-likeness (QED) is 0.109. The lowest BCUT2D eigenvalue weighted by Crippen LogP contribution is -1.94. The summed E-state index contributed by atoms with van der Waals surface area (Å²) in [4.78, 5) is 0. The van der Waals surface area contributed by atoms with Crippen LogP contribution in [-0.2, 0) is 0 Å². The van der Waals surface area contributed by atoms with Gasteiger partial charge in [-0.15, -0.1) is 0 Å². The van der Waals surface area contributed by atoms with Gasteiger partial charge in [0.25, 0.3) is 0 Å². The first-order chi connectivity index (χ1) is 22.3. The smallest absolute Gasteiger partial charge is 0.00199 e. The Morgan fingerprint density at radius 2 is 1.09 bits per heavy atom. The lowest BCUT2D eigenvalue weighted by Gasteiger charge is -2.21. The maximum absolute atomic E-state index is 4.24. The van der Waals surface area contributed by atoms with Crippen LogP contribution in [0.1, 0.15) is 12.0 Å². The molecule has 0 nitrogen and oxygen atoms in total. The van der Waals surface area contributed by atoms with Crippen LogP contribution >= 0.6 is 0 Å². The molecule has 7 aromatic rings. The van der Waals surface area contributed by atoms with Crippen LogP contribution in [0.3, 0.4) is 0 Å². The molecule has 0 amide bonds. The lowest BCUT2D eigenvalue weighted by molar-refractivity contribution is 1.26. The highest BCUT2D eigenvalue weighted by molar-refractivity contribution is 6.26. The zero-order chi connectivity index (χ0) is 30.2. The van der Waals surface area contributed by atoms with E-state index in [4.69, 9.17) is 0 Å². The van der Waals surface area contributed by atoms with Gasteiger partial charge in [-0.05, 0) is 94.5 Å². The highest BCUT2D eigenvalue weighted by atomic mass is 14.2. The molecule has 8 rings (SSSR count). The van der Waals surface area contributed by atoms with Crippen molar-refractivity contribution in [2.45, 2.75) is 6.42 Å². The van der Waals surface area contributed by atoms with Crippen LogP contribution in [0.15, 0.2) is 182 Å². The Morgan fingerprint density at radius 1 is 0.533 bits per heavy atom. The minimum atomic E-state index is 0.944. The van der Waals surface area contributed by atoms with E-state index in [1.807, 2.05) is 6.08 Å². The van der Waals surface area contributed by atoms with Gasteiger partial charge < -0.3 is 0 Å². The molecule has 7 aromatic carbocycles. The predicted octanol–water partition coefficient (Wildman–Crippen LogP) is 12.6. The van der Waals surface area contributed by atoms with Gasteiger partial charge in [-0.2, -0.15) is 0 Å². The third-order valence-electron chi connectivity index (χ3n) is 9.08. The summed E-state index contributed by atoms with van der Waals surface area (Å²) in [7, 11) is 0. The Bertz CT molecular complexity index is 2350. The van der Waals surface area contributed by atoms with Crippen molar-refractivity contribution in [2.24, 2.45) is 0 Å². The monoisotopic (exact) mass is 572 g/mol. The van der Waals surface area contributed by atoms with E-state index in [2.05, 4.69) is 170 Å². The average Bonchev–Trinajstić information content (AvgIpc) is 3.11. The zero-order valence-corrected chi connectivity index (χ0v) is 25.1. The summed E-state index contributed by atoms with van der Waals surface area (Å²) in [5.74, 6) is 0. The number of benzene rings is 7. The fraction of sp³-hybridized carbons (Fsp3) is 0.0222. The maximum Gasteiger partial charge on any atom is -0.00199 e. The summed E-state index contributed by atoms with van der Waals surface area (Å²) in [5.41, 5.74) is 8.60. The molecular weight excluding hydrogens is 540 g/mol. The van der Waals surface area contributed by atoms with E-state index in [-0.39, 0.29) is 0 Å². The van der Waals surface area contributed by atoms with Crippen LogP contribution in [0, 0.1) is 0 Å². The molecule has 0 N–H and O–H groups in total. The normalized spacial score (nSPS) is 14.2. The summed E-state index contributed by atoms with van der Waals surface area (Å²) in [5, 5.41) is 10.1. The molecule has 0 unspecified atom stereocenters. The van der Waals surface area contributed by atoms with Crippen LogP contribution in [-0.4, -0.2) is 0 Å². The molecule has 1 aliphatic carbocycles. The van der Waals surface area contributed by atoms with Gasteiger partial charge in [0.1, 0.15) is 0 Å². The average molecular weight is 573 g/mol. The highest BCUT2D eigenvalue weighted by Gasteiger charge is 2.20. The van der Waals surface area contributed by atoms with Crippen molar-refractivity contribution < 1.29 is 0 Å². The molecular formula is C45H32. The Morgan fingerprint density at radius 3 is 1.73 bits per heavy atom. The third-order valence-corrected chi connectivity index (χ3v) is 9.08. The minimum absolute atomic E-state index is 0.944. The summed E-state index contributed by atoms with van der Waals surface area (Å²) in [6.45, 7) is 4.24. The van der Waals surface area contributed by atoms with Crippen LogP contribution in [0.2, 0.25) is 0 Å². The van der Waals surface area contributed by atoms with E-state index in [9.17, 15) is 0 Å². The number of allylic oxidation sites excluding steroid dienone is 9. The second-order valence-electron chi connectivity index (χ2n) is 11.6. The van der Waals surface area contributed by atoms with E-state index >= 15 is 0 Å². The van der Waals surface area contributed by atoms with Gasteiger partial charge in [0, 0.05) is 0 Å². The third kappa shape index (κ3) is 4.63. The number of fused-ring (bicyclic) bond motifs is 5. The minimum Gasteiger partial charge on any atom is -0.0984 e. The molecule has 45 heavy (non-hydrogen) atoms. The van der Waals surface area contributed by atoms with Gasteiger partial charge in [-0.25, -0.2) is 0 Å². The second kappa shape index (κ2) is 11.4. The number of hydrogen-bond donors (Lipinski definition) is 0. The molecule has 0 aromatic heterocycles. The van der Waals surface area contributed by atoms with Gasteiger partial charge in [0.2, 0.25) is 0 Å². The first-order valence-corrected chi connectivity index (χ1v) is 15.6. The first kappa shape index (κ1) is 26.9. The Hall–Kier alpha value is -5.72. The van der Waals surface area contributed by atoms with Gasteiger partial charge in [0.15, 0.2) is 0 Å². The first-order valence-electron chi connectivity index (χ1n) is 15.6. The fourth-order valence-electron chi connectivity index (χ4n) is 7.04. The molecule has 0 saturated heterocycles. The standard InChI is InChI=1S/C45H32/c1-2-32(29-28-31-16-4-3-5-17-31)34-19-8-11-23-38(34)44-39-24-12-14-26-41(39)45(42-27-15-13-25-40(42)44)43-30-33-18-6-7-20-35(33)36-21-9-10-22-37(36)43/h2-16,18-30H,1,17H2/b31-28-,32-29+. The van der Waals surface area contributed by atoms with Gasteiger partial charge in [-0.3, -0.25) is 0 Å². The van der Waals surface area contributed by atoms with Crippen LogP contribution in [0.5, 0.6) is 0 Å². The van der Waals surface area contributed by atoms with Crippen molar-refractivity contribution in [1.82, 2.24) is 0 Å². The number of rotatable bonds is 5. The highest BCUT2D eigenvalue weighted by Crippen LogP contribution is 2.47. The van der Waals surface area contributed by atoms with Crippen molar-refractivity contribution in [1.29, 1.82) is 0 Å². The van der Waals surface area contributed by atoms with Crippen molar-refractivity contribution in [3.63, 3.8) is 0 Å². The zero-order valence-electron chi connectivity index (χ0n) is 25.1. The molecule has 0 heterocycles. The van der Waals surface area contributed by atoms with E-state index < -0.39 is 0 Å². The van der Waals surface area contributed by atoms with Crippen LogP contribution < -0.4 is 0 Å². The Kier molecular flexibility index (Phi) is 6.81. The SMILES string of the molecule is C=C/C(=C\C=C1\C=CC=CC1)c1ccccc1-c1c2ccccc2c(-c2cc3ccccc3c3ccccc23)c2ccccc12. The lowest BCUT2D eigenvalue weighted by atomic mass is 9.82. The molecule has 0 spiro atoms. The summed E-state index contributed by atoms with van der Waals surface area (Å²) < 4.78 is 0. The predicted molar refractivity (Wildman–Crippen MR) is 196 cm³/mol. The second-order valence-corrected chi connectivity index (χ2v) is 11.6. The molecule has 0 radical (unpaired) electrons. The van der Waals surface area contributed by atoms with Crippen LogP contribution in [0.25, 0.3) is 70.9 Å². The molecule has 0 saturated carbocycles. The fourth-order valence-corrected chi connectivity index (χ4v) is 7.04. The Balaban J connectivity index is 1.45. The topological polar surface area (TPSA) is 0 Å². The Labute approximate surface area is 264 Å². The van der Waals surface area contributed by atoms with Gasteiger partial charge in [0.05, 0.1) is 0 Å². The van der Waals surface area contributed by atoms with Crippen molar-refractivity contribution >= 4 is 48.7 Å². The molecule has 0 heteroatoms. The molecule has 0 fully saturated rings. The number of hydrogen-bond acceptors (Lipinski definition) is 0. The molecule has 0 atom stereocenters. The summed E-state index contributed by atoms with van der Waals surface area (Å²) in [6, 6.07) is 46.6. The largest absolute Gasteiger partial charge is 0.0984 e. The van der Waals surface area contributed by atoms with E-state index in [1.165, 1.54) is 76.5 Å². The van der Waals surface area contributed by atoms with Crippen molar-refractivity contribution in [3.05, 3.63) is 188 Å². The van der Waals surface area contributed by atoms with E-state index in [0.29, 0.717) is 0 Å². The van der Waals surface area contributed by atoms with Crippen LogP contribution in [0.4, 0.5) is 0 Å². The molecule has 212 valence electrons.